The van der Waals surface area contributed by atoms with Crippen LogP contribution in [0.1, 0.15) is 27.1 Å². The molecule has 0 radical (unpaired) electrons. The second-order valence-corrected chi connectivity index (χ2v) is 2.38. The Bertz CT molecular complexity index is 104. The van der Waals surface area contributed by atoms with Crippen molar-refractivity contribution < 1.29 is 25.1 Å². The van der Waals surface area contributed by atoms with Crippen LogP contribution in [-0.4, -0.2) is 5.91 Å². The van der Waals surface area contributed by atoms with Crippen LogP contribution in [0.2, 0.25) is 0 Å². The Kier molecular flexibility index (Phi) is 4.01. The molecule has 1 aliphatic carbocycles. The second-order valence-electron chi connectivity index (χ2n) is 2.38. The zero-order chi connectivity index (χ0) is 5.98. The van der Waals surface area contributed by atoms with Gasteiger partial charge in [0.1, 0.15) is 0 Å². The van der Waals surface area contributed by atoms with Crippen molar-refractivity contribution in [3.63, 3.8) is 0 Å². The summed E-state index contributed by atoms with van der Waals surface area (Å²) in [6, 6.07) is 0. The third-order valence-corrected chi connectivity index (χ3v) is 1.76. The van der Waals surface area contributed by atoms with E-state index in [2.05, 4.69) is 0 Å². The summed E-state index contributed by atoms with van der Waals surface area (Å²) in [5, 5.41) is 0. The first-order valence-corrected chi connectivity index (χ1v) is 3.10. The van der Waals surface area contributed by atoms with E-state index in [1.807, 2.05) is 0 Å². The molecule has 0 aromatic rings. The molecule has 1 saturated carbocycles. The number of carbonyl (C=O) groups excluding carboxylic acids is 1. The quantitative estimate of drug-likeness (QED) is 0.392. The summed E-state index contributed by atoms with van der Waals surface area (Å²) in [7, 11) is 0. The summed E-state index contributed by atoms with van der Waals surface area (Å²) >= 11 is 0. The van der Waals surface area contributed by atoms with Crippen LogP contribution in [0.4, 0.5) is 0 Å². The van der Waals surface area contributed by atoms with Crippen molar-refractivity contribution in [2.24, 2.45) is 11.7 Å². The summed E-state index contributed by atoms with van der Waals surface area (Å²) < 4.78 is 0. The van der Waals surface area contributed by atoms with Gasteiger partial charge in [0.2, 0.25) is 5.91 Å². The molecule has 9 heavy (non-hydrogen) atoms. The molecule has 0 heterocycles. The summed E-state index contributed by atoms with van der Waals surface area (Å²) in [4.78, 5) is 10.4. The van der Waals surface area contributed by atoms with Crippen LogP contribution < -0.4 is 24.6 Å². The normalized spacial score (nSPS) is 19.1. The summed E-state index contributed by atoms with van der Waals surface area (Å²) in [5.74, 6) is 0.0949. The van der Waals surface area contributed by atoms with Gasteiger partial charge < -0.3 is 7.16 Å². The molecule has 0 aromatic carbocycles. The Hall–Kier alpha value is 0.0674. The van der Waals surface area contributed by atoms with E-state index in [1.54, 1.807) is 0 Å². The number of hydrogen-bond acceptors (Lipinski definition) is 1. The monoisotopic (exact) mass is 121 g/mol. The van der Waals surface area contributed by atoms with E-state index in [1.165, 1.54) is 12.8 Å². The number of amides is 1. The van der Waals surface area contributed by atoms with Crippen molar-refractivity contribution in [3.05, 3.63) is 0 Å². The largest absolute Gasteiger partial charge is 1.00 e. The average Bonchev–Trinajstić information content (AvgIpc) is 2.12. The Morgan fingerprint density at radius 1 is 1.44 bits per heavy atom. The predicted molar refractivity (Wildman–Crippen MR) is 32.3 cm³/mol. The van der Waals surface area contributed by atoms with Gasteiger partial charge in [-0.25, -0.2) is 0 Å². The fourth-order valence-corrected chi connectivity index (χ4v) is 1.21. The van der Waals surface area contributed by atoms with Gasteiger partial charge in [-0.05, 0) is 12.8 Å². The molecule has 1 amide bonds. The molecule has 1 fully saturated rings. The van der Waals surface area contributed by atoms with E-state index in [9.17, 15) is 4.79 Å². The Labute approximate surface area is 68.8 Å². The van der Waals surface area contributed by atoms with Crippen LogP contribution in [0, 0.1) is 5.92 Å². The zero-order valence-electron chi connectivity index (χ0n) is 6.89. The van der Waals surface area contributed by atoms with E-state index < -0.39 is 0 Å². The molecule has 0 spiro atoms. The first-order valence-electron chi connectivity index (χ1n) is 3.10. The van der Waals surface area contributed by atoms with Crippen molar-refractivity contribution in [1.29, 1.82) is 0 Å². The van der Waals surface area contributed by atoms with Crippen LogP contribution in [0.25, 0.3) is 0 Å². The van der Waals surface area contributed by atoms with Crippen LogP contribution in [0.15, 0.2) is 0 Å². The minimum Gasteiger partial charge on any atom is -1.00 e. The standard InChI is InChI=1S/C6H11NO.Li.H/c7-6(8)5-3-1-2-4-5;;/h5H,1-4H2,(H2,7,8);;/q;+1;-1. The zero-order valence-corrected chi connectivity index (χ0v) is 5.89. The second kappa shape index (κ2) is 3.98. The number of nitrogens with two attached hydrogens (primary N) is 1. The van der Waals surface area contributed by atoms with Gasteiger partial charge in [-0.15, -0.1) is 0 Å². The van der Waals surface area contributed by atoms with Crippen LogP contribution in [-0.2, 0) is 4.79 Å². The van der Waals surface area contributed by atoms with E-state index in [0.29, 0.717) is 0 Å². The van der Waals surface area contributed by atoms with Gasteiger partial charge in [0.15, 0.2) is 0 Å². The Balaban J connectivity index is 0. The average molecular weight is 121 g/mol. The number of primary amides is 1. The molecular weight excluding hydrogens is 109 g/mol. The van der Waals surface area contributed by atoms with Gasteiger partial charge >= 0.3 is 18.9 Å². The van der Waals surface area contributed by atoms with Crippen molar-refractivity contribution >= 4 is 5.91 Å². The van der Waals surface area contributed by atoms with Crippen molar-refractivity contribution in [2.75, 3.05) is 0 Å². The maximum atomic E-state index is 10.4. The molecule has 0 aliphatic heterocycles. The van der Waals surface area contributed by atoms with E-state index in [0.717, 1.165) is 12.8 Å². The van der Waals surface area contributed by atoms with Gasteiger partial charge in [-0.3, -0.25) is 4.79 Å². The van der Waals surface area contributed by atoms with Gasteiger partial charge in [-0.1, -0.05) is 12.8 Å². The van der Waals surface area contributed by atoms with Crippen LogP contribution >= 0.6 is 0 Å². The first-order chi connectivity index (χ1) is 3.80. The topological polar surface area (TPSA) is 43.1 Å². The molecule has 0 atom stereocenters. The van der Waals surface area contributed by atoms with Crippen LogP contribution in [0.5, 0.6) is 0 Å². The molecule has 0 bridgehead atoms. The van der Waals surface area contributed by atoms with E-state index >= 15 is 0 Å². The van der Waals surface area contributed by atoms with E-state index in [-0.39, 0.29) is 32.1 Å². The predicted octanol–water partition coefficient (Wildman–Crippen LogP) is -2.22. The summed E-state index contributed by atoms with van der Waals surface area (Å²) in [6.45, 7) is 0. The number of hydrogen-bond donors (Lipinski definition) is 1. The third kappa shape index (κ3) is 2.42. The van der Waals surface area contributed by atoms with E-state index in [4.69, 9.17) is 5.73 Å². The van der Waals surface area contributed by atoms with Crippen molar-refractivity contribution in [3.8, 4) is 0 Å². The smallest absolute Gasteiger partial charge is 1.00 e. The molecular formula is C6H12LiNO. The summed E-state index contributed by atoms with van der Waals surface area (Å²) in [5.41, 5.74) is 5.06. The van der Waals surface area contributed by atoms with Crippen molar-refractivity contribution in [1.82, 2.24) is 0 Å². The fraction of sp³-hybridized carbons (Fsp3) is 0.833. The number of rotatable bonds is 1. The maximum Gasteiger partial charge on any atom is 1.00 e. The van der Waals surface area contributed by atoms with Gasteiger partial charge in [0.05, 0.1) is 0 Å². The van der Waals surface area contributed by atoms with Gasteiger partial charge in [-0.2, -0.15) is 0 Å². The Morgan fingerprint density at radius 2 is 1.89 bits per heavy atom. The summed E-state index contributed by atoms with van der Waals surface area (Å²) in [6.07, 6.45) is 4.42. The minimum atomic E-state index is -0.109. The maximum absolute atomic E-state index is 10.4. The van der Waals surface area contributed by atoms with Gasteiger partial charge in [0.25, 0.3) is 0 Å². The molecule has 1 rings (SSSR count). The molecule has 2 nitrogen and oxygen atoms in total. The first kappa shape index (κ1) is 9.07. The third-order valence-electron chi connectivity index (χ3n) is 1.76. The van der Waals surface area contributed by atoms with Crippen molar-refractivity contribution in [2.45, 2.75) is 25.7 Å². The van der Waals surface area contributed by atoms with Gasteiger partial charge in [0, 0.05) is 5.92 Å². The SMILES string of the molecule is NC(=O)C1CCCC1.[H-].[Li+]. The number of carbonyl (C=O) groups is 1. The molecule has 0 aromatic heterocycles. The molecule has 0 unspecified atom stereocenters. The molecule has 2 N–H and O–H groups in total. The Morgan fingerprint density at radius 3 is 2.11 bits per heavy atom. The molecule has 0 saturated heterocycles. The van der Waals surface area contributed by atoms with Crippen LogP contribution in [0.3, 0.4) is 0 Å². The minimum absolute atomic E-state index is 0. The fourth-order valence-electron chi connectivity index (χ4n) is 1.21. The molecule has 48 valence electrons. The molecule has 3 heteroatoms. The molecule has 1 aliphatic rings.